The highest BCUT2D eigenvalue weighted by atomic mass is 17.2. The van der Waals surface area contributed by atoms with Crippen LogP contribution in [0, 0.1) is 0 Å². The van der Waals surface area contributed by atoms with E-state index in [2.05, 4.69) is 40.8 Å². The highest BCUT2D eigenvalue weighted by molar-refractivity contribution is 5.86. The van der Waals surface area contributed by atoms with Crippen molar-refractivity contribution in [3.63, 3.8) is 0 Å². The predicted molar refractivity (Wildman–Crippen MR) is 77.3 cm³/mol. The molecule has 6 nitrogen and oxygen atoms in total. The van der Waals surface area contributed by atoms with E-state index in [-0.39, 0.29) is 12.6 Å². The molecule has 2 N–H and O–H groups in total. The minimum absolute atomic E-state index is 0.256. The third kappa shape index (κ3) is 29.8. The van der Waals surface area contributed by atoms with Crippen LogP contribution in [0.1, 0.15) is 13.8 Å². The molecule has 6 heteroatoms. The molecule has 0 radical (unpaired) electrons. The smallest absolute Gasteiger partial charge is 0.333 e. The van der Waals surface area contributed by atoms with Gasteiger partial charge in [0.15, 0.2) is 0 Å². The summed E-state index contributed by atoms with van der Waals surface area (Å²) < 4.78 is 4.60. The number of ether oxygens (including phenoxy) is 1. The zero-order valence-corrected chi connectivity index (χ0v) is 12.1. The van der Waals surface area contributed by atoms with Crippen molar-refractivity contribution in [2.24, 2.45) is 0 Å². The van der Waals surface area contributed by atoms with Crippen LogP contribution in [0.5, 0.6) is 0 Å². The third-order valence-electron chi connectivity index (χ3n) is 1.12. The lowest BCUT2D eigenvalue weighted by molar-refractivity contribution is -0.240. The van der Waals surface area contributed by atoms with Gasteiger partial charge >= 0.3 is 5.97 Å². The maximum absolute atomic E-state index is 10.5. The van der Waals surface area contributed by atoms with E-state index >= 15 is 0 Å². The second-order valence-corrected chi connectivity index (χ2v) is 3.29. The maximum Gasteiger partial charge on any atom is 0.333 e. The first-order valence-corrected chi connectivity index (χ1v) is 5.56. The Kier molecular flexibility index (Phi) is 22.6. The van der Waals surface area contributed by atoms with Gasteiger partial charge in [-0.25, -0.2) is 4.79 Å². The fourth-order valence-corrected chi connectivity index (χ4v) is 0.441. The normalized spacial score (nSPS) is 7.80. The average molecular weight is 288 g/mol. The Balaban J connectivity index is -0.000000243. The molecule has 0 aliphatic heterocycles. The zero-order chi connectivity index (χ0) is 16.4. The highest BCUT2D eigenvalue weighted by Gasteiger charge is 1.98. The van der Waals surface area contributed by atoms with E-state index in [1.807, 2.05) is 6.92 Å². The summed E-state index contributed by atoms with van der Waals surface area (Å²) in [5.41, 5.74) is 1.34. The van der Waals surface area contributed by atoms with Crippen molar-refractivity contribution < 1.29 is 29.5 Å². The van der Waals surface area contributed by atoms with Gasteiger partial charge in [-0.3, -0.25) is 0 Å². The monoisotopic (exact) mass is 288 g/mol. The first kappa shape index (κ1) is 23.2. The van der Waals surface area contributed by atoms with Gasteiger partial charge in [0.05, 0.1) is 0 Å². The summed E-state index contributed by atoms with van der Waals surface area (Å²) in [6.45, 7) is 17.0. The van der Waals surface area contributed by atoms with Gasteiger partial charge in [0.1, 0.15) is 26.3 Å². The van der Waals surface area contributed by atoms with Crippen LogP contribution in [0.15, 0.2) is 49.8 Å². The molecule has 0 aliphatic carbocycles. The van der Waals surface area contributed by atoms with Gasteiger partial charge in [-0.2, -0.15) is 4.89 Å². The van der Waals surface area contributed by atoms with Crippen LogP contribution < -0.4 is 0 Å². The molecule has 0 saturated heterocycles. The number of esters is 1. The first-order valence-electron chi connectivity index (χ1n) is 5.56. The Morgan fingerprint density at radius 3 is 2.00 bits per heavy atom. The molecule has 0 saturated carbocycles. The Bertz CT molecular complexity index is 296. The van der Waals surface area contributed by atoms with Crippen molar-refractivity contribution in [3.8, 4) is 0 Å². The van der Waals surface area contributed by atoms with Gasteiger partial charge in [0, 0.05) is 5.57 Å². The van der Waals surface area contributed by atoms with Crippen LogP contribution in [0.4, 0.5) is 0 Å². The van der Waals surface area contributed by atoms with Gasteiger partial charge in [0.25, 0.3) is 0 Å². The summed E-state index contributed by atoms with van der Waals surface area (Å²) in [5.74, 6) is -0.366. The van der Waals surface area contributed by atoms with Crippen LogP contribution in [0.3, 0.4) is 0 Å². The van der Waals surface area contributed by atoms with E-state index in [9.17, 15) is 4.79 Å². The summed E-state index contributed by atoms with van der Waals surface area (Å²) in [6, 6.07) is 0. The SMILES string of the molecule is C=CCOC(=O)C(=C)C.C=COOCC(=C)C.OCO. The molecule has 0 unspecified atom stereocenters. The van der Waals surface area contributed by atoms with Gasteiger partial charge < -0.3 is 19.8 Å². The van der Waals surface area contributed by atoms with Gasteiger partial charge in [-0.15, -0.1) is 0 Å². The molecule has 0 atom stereocenters. The summed E-state index contributed by atoms with van der Waals surface area (Å²) in [6.07, 6.45) is 2.74. The molecule has 0 aromatic carbocycles. The summed E-state index contributed by atoms with van der Waals surface area (Å²) >= 11 is 0. The molecule has 0 aromatic rings. The maximum atomic E-state index is 10.5. The van der Waals surface area contributed by atoms with Gasteiger partial charge in [-0.1, -0.05) is 38.0 Å². The van der Waals surface area contributed by atoms with Crippen molar-refractivity contribution in [3.05, 3.63) is 49.8 Å². The summed E-state index contributed by atoms with van der Waals surface area (Å²) in [4.78, 5) is 19.4. The Hall–Kier alpha value is -1.89. The van der Waals surface area contributed by atoms with E-state index < -0.39 is 6.79 Å². The van der Waals surface area contributed by atoms with Crippen molar-refractivity contribution >= 4 is 5.97 Å². The molecular formula is C14H24O6. The molecule has 116 valence electrons. The molecule has 0 bridgehead atoms. The minimum Gasteiger partial charge on any atom is -0.458 e. The zero-order valence-electron chi connectivity index (χ0n) is 12.1. The highest BCUT2D eigenvalue weighted by Crippen LogP contribution is 1.90. The third-order valence-corrected chi connectivity index (χ3v) is 1.12. The van der Waals surface area contributed by atoms with E-state index in [4.69, 9.17) is 10.2 Å². The lowest BCUT2D eigenvalue weighted by Crippen LogP contribution is -2.03. The minimum atomic E-state index is -0.750. The molecule has 0 amide bonds. The van der Waals surface area contributed by atoms with Gasteiger partial charge in [0.2, 0.25) is 0 Å². The fourth-order valence-electron chi connectivity index (χ4n) is 0.441. The van der Waals surface area contributed by atoms with Crippen molar-refractivity contribution in [2.75, 3.05) is 20.0 Å². The summed E-state index contributed by atoms with van der Waals surface area (Å²) in [5, 5.41) is 14.2. The first-order chi connectivity index (χ1) is 9.37. The topological polar surface area (TPSA) is 85.2 Å². The molecule has 0 heterocycles. The summed E-state index contributed by atoms with van der Waals surface area (Å²) in [7, 11) is 0. The van der Waals surface area contributed by atoms with Crippen molar-refractivity contribution in [1.29, 1.82) is 0 Å². The van der Waals surface area contributed by atoms with E-state index in [1.165, 1.54) is 12.3 Å². The second kappa shape index (κ2) is 19.4. The number of rotatable bonds is 7. The van der Waals surface area contributed by atoms with E-state index in [0.717, 1.165) is 5.57 Å². The molecular weight excluding hydrogens is 264 g/mol. The number of carbonyl (C=O) groups excluding carboxylic acids is 1. The van der Waals surface area contributed by atoms with Crippen LogP contribution in [0.25, 0.3) is 0 Å². The number of carbonyl (C=O) groups is 1. The van der Waals surface area contributed by atoms with E-state index in [0.29, 0.717) is 12.2 Å². The second-order valence-electron chi connectivity index (χ2n) is 3.29. The lowest BCUT2D eigenvalue weighted by Gasteiger charge is -1.97. The number of aliphatic hydroxyl groups excluding tert-OH is 1. The lowest BCUT2D eigenvalue weighted by atomic mass is 10.4. The molecule has 20 heavy (non-hydrogen) atoms. The van der Waals surface area contributed by atoms with Crippen LogP contribution in [-0.2, 0) is 19.3 Å². The molecule has 0 aromatic heterocycles. The van der Waals surface area contributed by atoms with Gasteiger partial charge in [-0.05, 0) is 13.8 Å². The fraction of sp³-hybridized carbons (Fsp3) is 0.357. The Morgan fingerprint density at radius 1 is 1.20 bits per heavy atom. The number of hydrogen-bond acceptors (Lipinski definition) is 6. The predicted octanol–water partition coefficient (Wildman–Crippen LogP) is 1.87. The van der Waals surface area contributed by atoms with Crippen LogP contribution >= 0.6 is 0 Å². The molecule has 0 fully saturated rings. The quantitative estimate of drug-likeness (QED) is 0.109. The average Bonchev–Trinajstić information content (AvgIpc) is 2.37. The largest absolute Gasteiger partial charge is 0.458 e. The van der Waals surface area contributed by atoms with E-state index in [1.54, 1.807) is 6.92 Å². The van der Waals surface area contributed by atoms with Crippen molar-refractivity contribution in [2.45, 2.75) is 13.8 Å². The Labute approximate surface area is 120 Å². The molecule has 0 spiro atoms. The number of aliphatic hydroxyl groups is 2. The molecule has 0 aliphatic rings. The standard InChI is InChI=1S/C7H10O2.C6H10O2.CH4O2/c1-4-5-9-7(8)6(2)3;1-4-7-8-5-6(2)3;2-1-3/h4H,1-2,5H2,3H3;4H,1-2,5H2,3H3;2-3H,1H2. The van der Waals surface area contributed by atoms with Crippen LogP contribution in [-0.4, -0.2) is 36.2 Å². The number of hydrogen-bond donors (Lipinski definition) is 2. The van der Waals surface area contributed by atoms with Crippen LogP contribution in [0.2, 0.25) is 0 Å². The molecule has 0 rings (SSSR count). The Morgan fingerprint density at radius 2 is 1.70 bits per heavy atom. The van der Waals surface area contributed by atoms with Crippen molar-refractivity contribution in [1.82, 2.24) is 0 Å².